The maximum absolute atomic E-state index is 10.6. The van der Waals surface area contributed by atoms with Crippen LogP contribution >= 0.6 is 27.5 Å². The molecule has 0 bridgehead atoms. The Morgan fingerprint density at radius 3 is 2.73 bits per heavy atom. The molecule has 0 saturated heterocycles. The van der Waals surface area contributed by atoms with Crippen LogP contribution in [-0.4, -0.2) is 18.2 Å². The van der Waals surface area contributed by atoms with E-state index in [1.165, 1.54) is 0 Å². The highest BCUT2D eigenvalue weighted by Crippen LogP contribution is 2.28. The van der Waals surface area contributed by atoms with Crippen LogP contribution in [0.3, 0.4) is 0 Å². The molecule has 0 fully saturated rings. The number of hydrogen-bond acceptors (Lipinski definition) is 2. The van der Waals surface area contributed by atoms with Crippen LogP contribution in [0.15, 0.2) is 12.1 Å². The first-order chi connectivity index (χ1) is 7.08. The van der Waals surface area contributed by atoms with Gasteiger partial charge in [0, 0.05) is 10.4 Å². The van der Waals surface area contributed by atoms with Gasteiger partial charge in [-0.25, -0.2) is 0 Å². The molecule has 1 N–H and O–H groups in total. The Morgan fingerprint density at radius 2 is 2.27 bits per heavy atom. The standard InChI is InChI=1S/C10H10BrClO3/c1-15-7-2-6(5-11)8(4-10(13)14)9(12)3-7/h2-3H,4-5H2,1H3,(H,13,14). The predicted molar refractivity (Wildman–Crippen MR) is 62.0 cm³/mol. The number of carbonyl (C=O) groups is 1. The van der Waals surface area contributed by atoms with Gasteiger partial charge in [-0.15, -0.1) is 0 Å². The maximum Gasteiger partial charge on any atom is 0.307 e. The third-order valence-electron chi connectivity index (χ3n) is 1.97. The smallest absolute Gasteiger partial charge is 0.307 e. The number of hydrogen-bond donors (Lipinski definition) is 1. The van der Waals surface area contributed by atoms with E-state index in [2.05, 4.69) is 15.9 Å². The molecular weight excluding hydrogens is 283 g/mol. The molecule has 5 heteroatoms. The number of methoxy groups -OCH3 is 1. The van der Waals surface area contributed by atoms with E-state index in [4.69, 9.17) is 21.4 Å². The molecule has 3 nitrogen and oxygen atoms in total. The van der Waals surface area contributed by atoms with Gasteiger partial charge in [0.2, 0.25) is 0 Å². The summed E-state index contributed by atoms with van der Waals surface area (Å²) in [6, 6.07) is 3.39. The first-order valence-electron chi connectivity index (χ1n) is 4.21. The van der Waals surface area contributed by atoms with E-state index in [0.717, 1.165) is 5.56 Å². The van der Waals surface area contributed by atoms with Crippen LogP contribution in [0.1, 0.15) is 11.1 Å². The summed E-state index contributed by atoms with van der Waals surface area (Å²) in [4.78, 5) is 10.6. The number of halogens is 2. The molecule has 1 aromatic rings. The number of rotatable bonds is 4. The molecule has 0 radical (unpaired) electrons. The van der Waals surface area contributed by atoms with Crippen molar-refractivity contribution in [2.45, 2.75) is 11.8 Å². The Hall–Kier alpha value is -0.740. The average Bonchev–Trinajstić information content (AvgIpc) is 2.20. The lowest BCUT2D eigenvalue weighted by Gasteiger charge is -2.10. The van der Waals surface area contributed by atoms with Gasteiger partial charge in [-0.2, -0.15) is 0 Å². The molecule has 1 aromatic carbocycles. The summed E-state index contributed by atoms with van der Waals surface area (Å²) in [5.41, 5.74) is 1.46. The van der Waals surface area contributed by atoms with Crippen molar-refractivity contribution in [2.75, 3.05) is 7.11 Å². The van der Waals surface area contributed by atoms with Crippen LogP contribution in [0.5, 0.6) is 5.75 Å². The molecule has 0 spiro atoms. The van der Waals surface area contributed by atoms with Crippen molar-refractivity contribution in [3.8, 4) is 5.75 Å². The summed E-state index contributed by atoms with van der Waals surface area (Å²) in [6.45, 7) is 0. The first kappa shape index (κ1) is 12.3. The Kier molecular flexibility index (Phi) is 4.42. The fraction of sp³-hybridized carbons (Fsp3) is 0.300. The first-order valence-corrected chi connectivity index (χ1v) is 5.71. The monoisotopic (exact) mass is 292 g/mol. The van der Waals surface area contributed by atoms with Gasteiger partial charge >= 0.3 is 5.97 Å². The zero-order chi connectivity index (χ0) is 11.4. The molecule has 0 heterocycles. The van der Waals surface area contributed by atoms with Gasteiger partial charge in [-0.1, -0.05) is 27.5 Å². The molecule has 0 aliphatic heterocycles. The quantitative estimate of drug-likeness (QED) is 0.868. The van der Waals surface area contributed by atoms with Gasteiger partial charge in [-0.3, -0.25) is 4.79 Å². The highest BCUT2D eigenvalue weighted by atomic mass is 79.9. The second kappa shape index (κ2) is 5.37. The highest BCUT2D eigenvalue weighted by Gasteiger charge is 2.12. The van der Waals surface area contributed by atoms with E-state index in [-0.39, 0.29) is 6.42 Å². The van der Waals surface area contributed by atoms with Crippen LogP contribution in [0.25, 0.3) is 0 Å². The molecule has 0 aliphatic carbocycles. The van der Waals surface area contributed by atoms with Crippen molar-refractivity contribution in [1.82, 2.24) is 0 Å². The van der Waals surface area contributed by atoms with Crippen molar-refractivity contribution < 1.29 is 14.6 Å². The molecular formula is C10H10BrClO3. The molecule has 82 valence electrons. The second-order valence-electron chi connectivity index (χ2n) is 2.95. The molecule has 0 aromatic heterocycles. The van der Waals surface area contributed by atoms with Gasteiger partial charge in [-0.05, 0) is 23.3 Å². The number of carboxylic acids is 1. The Morgan fingerprint density at radius 1 is 1.60 bits per heavy atom. The topological polar surface area (TPSA) is 46.5 Å². The van der Waals surface area contributed by atoms with Crippen molar-refractivity contribution in [2.24, 2.45) is 0 Å². The molecule has 0 amide bonds. The summed E-state index contributed by atoms with van der Waals surface area (Å²) >= 11 is 9.26. The fourth-order valence-corrected chi connectivity index (χ4v) is 2.05. The Bertz CT molecular complexity index is 379. The van der Waals surface area contributed by atoms with Crippen molar-refractivity contribution in [3.63, 3.8) is 0 Å². The third kappa shape index (κ3) is 3.11. The summed E-state index contributed by atoms with van der Waals surface area (Å²) in [5, 5.41) is 9.70. The lowest BCUT2D eigenvalue weighted by atomic mass is 10.1. The van der Waals surface area contributed by atoms with Crippen LogP contribution < -0.4 is 4.74 Å². The van der Waals surface area contributed by atoms with Gasteiger partial charge in [0.25, 0.3) is 0 Å². The summed E-state index contributed by atoms with van der Waals surface area (Å²) in [7, 11) is 1.54. The molecule has 1 rings (SSSR count). The minimum absolute atomic E-state index is 0.0796. The van der Waals surface area contributed by atoms with E-state index in [0.29, 0.717) is 21.7 Å². The van der Waals surface area contributed by atoms with Crippen molar-refractivity contribution in [3.05, 3.63) is 28.3 Å². The molecule has 15 heavy (non-hydrogen) atoms. The summed E-state index contributed by atoms with van der Waals surface area (Å²) < 4.78 is 5.04. The van der Waals surface area contributed by atoms with E-state index in [1.54, 1.807) is 19.2 Å². The van der Waals surface area contributed by atoms with Gasteiger partial charge < -0.3 is 9.84 Å². The van der Waals surface area contributed by atoms with Crippen LogP contribution in [-0.2, 0) is 16.5 Å². The molecule has 0 unspecified atom stereocenters. The van der Waals surface area contributed by atoms with Gasteiger partial charge in [0.1, 0.15) is 5.75 Å². The van der Waals surface area contributed by atoms with E-state index in [1.807, 2.05) is 0 Å². The second-order valence-corrected chi connectivity index (χ2v) is 3.92. The van der Waals surface area contributed by atoms with E-state index in [9.17, 15) is 4.79 Å². The number of benzene rings is 1. The lowest BCUT2D eigenvalue weighted by molar-refractivity contribution is -0.136. The molecule has 0 aliphatic rings. The third-order valence-corrected chi connectivity index (χ3v) is 2.91. The van der Waals surface area contributed by atoms with Gasteiger partial charge in [0.15, 0.2) is 0 Å². The predicted octanol–water partition coefficient (Wildman–Crippen LogP) is 2.87. The summed E-state index contributed by atoms with van der Waals surface area (Å²) in [6.07, 6.45) is -0.0796. The molecule has 0 saturated carbocycles. The zero-order valence-corrected chi connectivity index (χ0v) is 10.4. The zero-order valence-electron chi connectivity index (χ0n) is 8.09. The normalized spacial score (nSPS) is 10.1. The Labute approximate surface area is 101 Å². The average molecular weight is 294 g/mol. The van der Waals surface area contributed by atoms with E-state index >= 15 is 0 Å². The van der Waals surface area contributed by atoms with Crippen molar-refractivity contribution in [1.29, 1.82) is 0 Å². The van der Waals surface area contributed by atoms with Crippen LogP contribution in [0.2, 0.25) is 5.02 Å². The van der Waals surface area contributed by atoms with Crippen molar-refractivity contribution >= 4 is 33.5 Å². The highest BCUT2D eigenvalue weighted by molar-refractivity contribution is 9.08. The van der Waals surface area contributed by atoms with Crippen LogP contribution in [0, 0.1) is 0 Å². The number of alkyl halides is 1. The van der Waals surface area contributed by atoms with Gasteiger partial charge in [0.05, 0.1) is 13.5 Å². The van der Waals surface area contributed by atoms with E-state index < -0.39 is 5.97 Å². The van der Waals surface area contributed by atoms with Crippen LogP contribution in [0.4, 0.5) is 0 Å². The summed E-state index contributed by atoms with van der Waals surface area (Å²) in [5.74, 6) is -0.271. The lowest BCUT2D eigenvalue weighted by Crippen LogP contribution is -2.04. The largest absolute Gasteiger partial charge is 0.497 e. The SMILES string of the molecule is COc1cc(Cl)c(CC(=O)O)c(CBr)c1. The minimum Gasteiger partial charge on any atom is -0.497 e. The molecule has 0 atom stereocenters. The Balaban J connectivity index is 3.18. The minimum atomic E-state index is -0.899. The number of aliphatic carboxylic acids is 1. The fourth-order valence-electron chi connectivity index (χ4n) is 1.25. The maximum atomic E-state index is 10.6. The number of carboxylic acid groups (broad SMARTS) is 1. The number of ether oxygens (including phenoxy) is 1.